The number of nitrogens with zero attached hydrogens (tertiary/aromatic N) is 3. The molecule has 0 atom stereocenters. The van der Waals surface area contributed by atoms with Gasteiger partial charge in [-0.2, -0.15) is 8.78 Å². The molecule has 8 heteroatoms. The Bertz CT molecular complexity index is 657. The molecule has 2 aromatic rings. The molecule has 0 unspecified atom stereocenters. The molecule has 23 heavy (non-hydrogen) atoms. The number of imidazole rings is 1. The number of rotatable bonds is 6. The Balaban J connectivity index is 1.80. The van der Waals surface area contributed by atoms with Crippen molar-refractivity contribution in [1.82, 2.24) is 20.2 Å². The van der Waals surface area contributed by atoms with E-state index in [9.17, 15) is 8.78 Å². The molecule has 0 radical (unpaired) electrons. The summed E-state index contributed by atoms with van der Waals surface area (Å²) in [5, 5.41) is 6.78. The second-order valence-electron chi connectivity index (χ2n) is 4.76. The van der Waals surface area contributed by atoms with Gasteiger partial charge in [0.25, 0.3) is 0 Å². The molecule has 2 rings (SSSR count). The monoisotopic (exact) mass is 341 g/mol. The van der Waals surface area contributed by atoms with Crippen LogP contribution < -0.4 is 10.6 Å². The first-order chi connectivity index (χ1) is 11.1. The second kappa shape index (κ2) is 8.47. The topological polar surface area (TPSA) is 54.2 Å². The zero-order valence-corrected chi connectivity index (χ0v) is 13.4. The number of hydrogen-bond acceptors (Lipinski definition) is 2. The van der Waals surface area contributed by atoms with Crippen LogP contribution >= 0.6 is 11.6 Å². The highest BCUT2D eigenvalue weighted by molar-refractivity contribution is 6.30. The third-order valence-electron chi connectivity index (χ3n) is 3.19. The summed E-state index contributed by atoms with van der Waals surface area (Å²) in [6.45, 7) is -1.80. The molecule has 0 saturated heterocycles. The molecule has 0 saturated carbocycles. The van der Waals surface area contributed by atoms with Crippen LogP contribution in [0.2, 0.25) is 5.02 Å². The average molecular weight is 342 g/mol. The van der Waals surface area contributed by atoms with Gasteiger partial charge in [0.2, 0.25) is 0 Å². The zero-order chi connectivity index (χ0) is 16.7. The molecule has 0 aliphatic carbocycles. The summed E-state index contributed by atoms with van der Waals surface area (Å²) in [5.74, 6) is 0.772. The van der Waals surface area contributed by atoms with Gasteiger partial charge in [0.15, 0.2) is 5.96 Å². The second-order valence-corrected chi connectivity index (χ2v) is 5.20. The molecule has 2 N–H and O–H groups in total. The van der Waals surface area contributed by atoms with Crippen LogP contribution in [0.5, 0.6) is 0 Å². The van der Waals surface area contributed by atoms with Crippen molar-refractivity contribution in [3.8, 4) is 0 Å². The van der Waals surface area contributed by atoms with Crippen LogP contribution in [0.3, 0.4) is 0 Å². The summed E-state index contributed by atoms with van der Waals surface area (Å²) in [4.78, 5) is 7.96. The highest BCUT2D eigenvalue weighted by Crippen LogP contribution is 2.12. The lowest BCUT2D eigenvalue weighted by atomic mass is 10.1. The maximum Gasteiger partial charge on any atom is 0.319 e. The number of halogens is 3. The summed E-state index contributed by atoms with van der Waals surface area (Å²) in [5.41, 5.74) is 1.11. The molecular formula is C15H18ClF2N5. The molecule has 1 heterocycles. The summed E-state index contributed by atoms with van der Waals surface area (Å²) >= 11 is 5.93. The molecular weight excluding hydrogens is 324 g/mol. The molecule has 1 aromatic heterocycles. The molecule has 0 aliphatic rings. The number of aliphatic imine (C=N–C) groups is 1. The minimum absolute atomic E-state index is 0.161. The van der Waals surface area contributed by atoms with E-state index < -0.39 is 6.55 Å². The Kier molecular flexibility index (Phi) is 6.34. The molecule has 0 fully saturated rings. The minimum atomic E-state index is -2.60. The van der Waals surface area contributed by atoms with Crippen molar-refractivity contribution < 1.29 is 8.78 Å². The Morgan fingerprint density at radius 3 is 2.91 bits per heavy atom. The van der Waals surface area contributed by atoms with Gasteiger partial charge in [0, 0.05) is 31.0 Å². The standard InChI is InChI=1S/C15H18ClF2N5/c1-19-15(21-6-5-11-3-2-4-12(16)9-11)22-10-13-20-7-8-23(13)14(17)18/h2-4,7-9,14H,5-6,10H2,1H3,(H2,19,21,22). The number of benzene rings is 1. The first-order valence-electron chi connectivity index (χ1n) is 7.09. The van der Waals surface area contributed by atoms with Gasteiger partial charge < -0.3 is 10.6 Å². The van der Waals surface area contributed by atoms with Crippen molar-refractivity contribution in [2.45, 2.75) is 19.5 Å². The molecule has 124 valence electrons. The smallest absolute Gasteiger partial charge is 0.319 e. The van der Waals surface area contributed by atoms with Crippen molar-refractivity contribution in [2.24, 2.45) is 4.99 Å². The van der Waals surface area contributed by atoms with E-state index in [-0.39, 0.29) is 12.4 Å². The number of hydrogen-bond donors (Lipinski definition) is 2. The van der Waals surface area contributed by atoms with Gasteiger partial charge in [-0.05, 0) is 24.1 Å². The van der Waals surface area contributed by atoms with Crippen molar-refractivity contribution in [3.05, 3.63) is 53.1 Å². The van der Waals surface area contributed by atoms with E-state index in [0.29, 0.717) is 17.5 Å². The largest absolute Gasteiger partial charge is 0.356 e. The Hall–Kier alpha value is -2.15. The van der Waals surface area contributed by atoms with E-state index in [2.05, 4.69) is 20.6 Å². The van der Waals surface area contributed by atoms with Gasteiger partial charge in [0.1, 0.15) is 5.82 Å². The van der Waals surface area contributed by atoms with Crippen LogP contribution in [0.1, 0.15) is 17.9 Å². The van der Waals surface area contributed by atoms with E-state index in [1.807, 2.05) is 24.3 Å². The third kappa shape index (κ3) is 5.21. The lowest BCUT2D eigenvalue weighted by Gasteiger charge is -2.12. The number of nitrogens with one attached hydrogen (secondary N) is 2. The van der Waals surface area contributed by atoms with Crippen LogP contribution in [0.15, 0.2) is 41.7 Å². The van der Waals surface area contributed by atoms with Crippen LogP contribution in [0.25, 0.3) is 0 Å². The highest BCUT2D eigenvalue weighted by Gasteiger charge is 2.11. The summed E-state index contributed by atoms with van der Waals surface area (Å²) < 4.78 is 26.3. The Morgan fingerprint density at radius 2 is 2.22 bits per heavy atom. The fourth-order valence-electron chi connectivity index (χ4n) is 2.06. The van der Waals surface area contributed by atoms with Gasteiger partial charge in [-0.3, -0.25) is 9.56 Å². The van der Waals surface area contributed by atoms with Crippen molar-refractivity contribution in [2.75, 3.05) is 13.6 Å². The van der Waals surface area contributed by atoms with Crippen LogP contribution in [0, 0.1) is 0 Å². The number of alkyl halides is 2. The highest BCUT2D eigenvalue weighted by atomic mass is 35.5. The van der Waals surface area contributed by atoms with Crippen LogP contribution in [0.4, 0.5) is 8.78 Å². The van der Waals surface area contributed by atoms with Crippen LogP contribution in [-0.2, 0) is 13.0 Å². The molecule has 0 spiro atoms. The lowest BCUT2D eigenvalue weighted by molar-refractivity contribution is 0.0668. The van der Waals surface area contributed by atoms with E-state index in [1.54, 1.807) is 7.05 Å². The van der Waals surface area contributed by atoms with Gasteiger partial charge in [-0.15, -0.1) is 0 Å². The Morgan fingerprint density at radius 1 is 1.39 bits per heavy atom. The summed E-state index contributed by atoms with van der Waals surface area (Å²) in [7, 11) is 1.62. The molecule has 0 bridgehead atoms. The quantitative estimate of drug-likeness (QED) is 0.627. The van der Waals surface area contributed by atoms with Crippen molar-refractivity contribution in [1.29, 1.82) is 0 Å². The van der Waals surface area contributed by atoms with Gasteiger partial charge in [-0.25, -0.2) is 4.98 Å². The minimum Gasteiger partial charge on any atom is -0.356 e. The molecule has 1 aromatic carbocycles. The zero-order valence-electron chi connectivity index (χ0n) is 12.6. The third-order valence-corrected chi connectivity index (χ3v) is 3.43. The van der Waals surface area contributed by atoms with E-state index in [1.165, 1.54) is 12.4 Å². The maximum absolute atomic E-state index is 12.7. The van der Waals surface area contributed by atoms with Crippen molar-refractivity contribution >= 4 is 17.6 Å². The van der Waals surface area contributed by atoms with Gasteiger partial charge in [0.05, 0.1) is 6.54 Å². The molecule has 5 nitrogen and oxygen atoms in total. The fourth-order valence-corrected chi connectivity index (χ4v) is 2.27. The molecule has 0 aliphatic heterocycles. The van der Waals surface area contributed by atoms with E-state index in [0.717, 1.165) is 16.6 Å². The van der Waals surface area contributed by atoms with Crippen molar-refractivity contribution in [3.63, 3.8) is 0 Å². The predicted octanol–water partition coefficient (Wildman–Crippen LogP) is 2.84. The maximum atomic E-state index is 12.7. The predicted molar refractivity (Wildman–Crippen MR) is 86.8 cm³/mol. The Labute approximate surface area is 138 Å². The number of guanidine groups is 1. The summed E-state index contributed by atoms with van der Waals surface area (Å²) in [6, 6.07) is 7.61. The SMILES string of the molecule is CN=C(NCCc1cccc(Cl)c1)NCc1nccn1C(F)F. The van der Waals surface area contributed by atoms with E-state index >= 15 is 0 Å². The normalized spacial score (nSPS) is 11.8. The van der Waals surface area contributed by atoms with E-state index in [4.69, 9.17) is 11.6 Å². The first kappa shape index (κ1) is 17.2. The van der Waals surface area contributed by atoms with Gasteiger partial charge >= 0.3 is 6.55 Å². The fraction of sp³-hybridized carbons (Fsp3) is 0.333. The van der Waals surface area contributed by atoms with Crippen LogP contribution in [-0.4, -0.2) is 29.1 Å². The lowest BCUT2D eigenvalue weighted by Crippen LogP contribution is -2.38. The average Bonchev–Trinajstić information content (AvgIpc) is 2.99. The molecule has 0 amide bonds. The van der Waals surface area contributed by atoms with Gasteiger partial charge in [-0.1, -0.05) is 23.7 Å². The summed E-state index contributed by atoms with van der Waals surface area (Å²) in [6.07, 6.45) is 3.36. The number of aromatic nitrogens is 2. The first-order valence-corrected chi connectivity index (χ1v) is 7.46.